The number of urea groups is 1. The van der Waals surface area contributed by atoms with Gasteiger partial charge in [-0.2, -0.15) is 0 Å². The van der Waals surface area contributed by atoms with Crippen LogP contribution in [0.5, 0.6) is 0 Å². The number of nitrogens with one attached hydrogen (secondary N) is 1. The molecular formula is C10H18N2O5S. The van der Waals surface area contributed by atoms with Gasteiger partial charge in [-0.1, -0.05) is 6.92 Å². The standard InChI is InChI=1S/C10H18N2O5S/c1-8(9(13)17-2)7-18(15,16)6-5-12-4-3-11-10(12)14/h8H,3-7H2,1-2H3,(H,11,14). The van der Waals surface area contributed by atoms with Gasteiger partial charge in [0.1, 0.15) is 0 Å². The van der Waals surface area contributed by atoms with Gasteiger partial charge in [-0.15, -0.1) is 0 Å². The molecule has 0 aromatic heterocycles. The number of esters is 1. The minimum atomic E-state index is -3.37. The Balaban J connectivity index is 2.44. The number of rotatable bonds is 6. The fourth-order valence-corrected chi connectivity index (χ4v) is 3.27. The number of ether oxygens (including phenoxy) is 1. The molecule has 1 heterocycles. The van der Waals surface area contributed by atoms with Crippen LogP contribution in [0.15, 0.2) is 0 Å². The monoisotopic (exact) mass is 278 g/mol. The topological polar surface area (TPSA) is 92.8 Å². The third-order valence-corrected chi connectivity index (χ3v) is 4.54. The molecule has 1 aliphatic heterocycles. The van der Waals surface area contributed by atoms with Crippen LogP contribution >= 0.6 is 0 Å². The van der Waals surface area contributed by atoms with Crippen molar-refractivity contribution in [3.63, 3.8) is 0 Å². The fourth-order valence-electron chi connectivity index (χ4n) is 1.71. The van der Waals surface area contributed by atoms with Crippen LogP contribution in [-0.2, 0) is 19.4 Å². The van der Waals surface area contributed by atoms with Crippen LogP contribution < -0.4 is 5.32 Å². The predicted molar refractivity (Wildman–Crippen MR) is 64.8 cm³/mol. The fraction of sp³-hybridized carbons (Fsp3) is 0.800. The van der Waals surface area contributed by atoms with Crippen LogP contribution in [0, 0.1) is 5.92 Å². The summed E-state index contributed by atoms with van der Waals surface area (Å²) in [5.41, 5.74) is 0. The van der Waals surface area contributed by atoms with Crippen molar-refractivity contribution < 1.29 is 22.7 Å². The molecule has 1 rings (SSSR count). The number of nitrogens with zero attached hydrogens (tertiary/aromatic N) is 1. The van der Waals surface area contributed by atoms with Gasteiger partial charge < -0.3 is 15.0 Å². The Hall–Kier alpha value is -1.31. The van der Waals surface area contributed by atoms with Crippen LogP contribution in [0.1, 0.15) is 6.92 Å². The van der Waals surface area contributed by atoms with E-state index >= 15 is 0 Å². The van der Waals surface area contributed by atoms with Crippen LogP contribution in [-0.4, -0.2) is 63.6 Å². The van der Waals surface area contributed by atoms with Crippen molar-refractivity contribution in [1.82, 2.24) is 10.2 Å². The number of carbonyl (C=O) groups excluding carboxylic acids is 2. The molecule has 7 nitrogen and oxygen atoms in total. The SMILES string of the molecule is COC(=O)C(C)CS(=O)(=O)CCN1CCNC1=O. The van der Waals surface area contributed by atoms with Crippen LogP contribution in [0.25, 0.3) is 0 Å². The smallest absolute Gasteiger partial charge is 0.317 e. The number of amides is 2. The van der Waals surface area contributed by atoms with Crippen molar-refractivity contribution in [3.8, 4) is 0 Å². The summed E-state index contributed by atoms with van der Waals surface area (Å²) in [5.74, 6) is -1.62. The van der Waals surface area contributed by atoms with Gasteiger partial charge >= 0.3 is 12.0 Å². The highest BCUT2D eigenvalue weighted by atomic mass is 32.2. The van der Waals surface area contributed by atoms with Gasteiger partial charge in [0.25, 0.3) is 0 Å². The molecule has 1 atom stereocenters. The van der Waals surface area contributed by atoms with Gasteiger partial charge in [-0.3, -0.25) is 4.79 Å². The van der Waals surface area contributed by atoms with E-state index < -0.39 is 21.7 Å². The largest absolute Gasteiger partial charge is 0.469 e. The van der Waals surface area contributed by atoms with Crippen LogP contribution in [0.2, 0.25) is 0 Å². The first-order valence-corrected chi connectivity index (χ1v) is 7.49. The highest BCUT2D eigenvalue weighted by molar-refractivity contribution is 7.91. The molecule has 104 valence electrons. The molecule has 1 unspecified atom stereocenters. The zero-order valence-electron chi connectivity index (χ0n) is 10.5. The second kappa shape index (κ2) is 6.03. The highest BCUT2D eigenvalue weighted by Gasteiger charge is 2.25. The summed E-state index contributed by atoms with van der Waals surface area (Å²) in [6.07, 6.45) is 0. The van der Waals surface area contributed by atoms with Gasteiger partial charge in [-0.25, -0.2) is 13.2 Å². The zero-order chi connectivity index (χ0) is 13.8. The molecule has 1 N–H and O–H groups in total. The summed E-state index contributed by atoms with van der Waals surface area (Å²) >= 11 is 0. The molecule has 0 aromatic carbocycles. The molecule has 2 amide bonds. The van der Waals surface area contributed by atoms with Crippen molar-refractivity contribution in [2.24, 2.45) is 5.92 Å². The van der Waals surface area contributed by atoms with Gasteiger partial charge in [0.15, 0.2) is 9.84 Å². The number of carbonyl (C=O) groups is 2. The van der Waals surface area contributed by atoms with Crippen molar-refractivity contribution in [1.29, 1.82) is 0 Å². The highest BCUT2D eigenvalue weighted by Crippen LogP contribution is 2.06. The number of hydrogen-bond donors (Lipinski definition) is 1. The third-order valence-electron chi connectivity index (χ3n) is 2.72. The molecule has 1 fully saturated rings. The van der Waals surface area contributed by atoms with E-state index in [1.54, 1.807) is 0 Å². The average Bonchev–Trinajstić information content (AvgIpc) is 2.70. The second-order valence-corrected chi connectivity index (χ2v) is 6.49. The first-order valence-electron chi connectivity index (χ1n) is 5.67. The van der Waals surface area contributed by atoms with E-state index in [4.69, 9.17) is 0 Å². The van der Waals surface area contributed by atoms with Crippen LogP contribution in [0.3, 0.4) is 0 Å². The van der Waals surface area contributed by atoms with Gasteiger partial charge in [0.2, 0.25) is 0 Å². The Morgan fingerprint density at radius 2 is 2.22 bits per heavy atom. The van der Waals surface area contributed by atoms with E-state index in [2.05, 4.69) is 10.1 Å². The number of hydrogen-bond acceptors (Lipinski definition) is 5. The van der Waals surface area contributed by atoms with E-state index in [1.807, 2.05) is 0 Å². The maximum atomic E-state index is 11.8. The van der Waals surface area contributed by atoms with Gasteiger partial charge in [-0.05, 0) is 0 Å². The lowest BCUT2D eigenvalue weighted by atomic mass is 10.2. The van der Waals surface area contributed by atoms with Crippen LogP contribution in [0.4, 0.5) is 4.79 Å². The lowest BCUT2D eigenvalue weighted by Gasteiger charge is -2.15. The van der Waals surface area contributed by atoms with Gasteiger partial charge in [0.05, 0.1) is 24.5 Å². The average molecular weight is 278 g/mol. The molecule has 18 heavy (non-hydrogen) atoms. The molecule has 1 saturated heterocycles. The van der Waals surface area contributed by atoms with Gasteiger partial charge in [0, 0.05) is 19.6 Å². The molecule has 0 spiro atoms. The van der Waals surface area contributed by atoms with E-state index in [0.29, 0.717) is 13.1 Å². The zero-order valence-corrected chi connectivity index (χ0v) is 11.3. The summed E-state index contributed by atoms with van der Waals surface area (Å²) in [4.78, 5) is 23.8. The quantitative estimate of drug-likeness (QED) is 0.644. The molecule has 0 saturated carbocycles. The van der Waals surface area contributed by atoms with E-state index in [1.165, 1.54) is 18.9 Å². The van der Waals surface area contributed by atoms with E-state index in [0.717, 1.165) is 0 Å². The van der Waals surface area contributed by atoms with Crippen molar-refractivity contribution in [2.75, 3.05) is 38.2 Å². The molecule has 0 aromatic rings. The van der Waals surface area contributed by atoms with Crippen molar-refractivity contribution in [3.05, 3.63) is 0 Å². The normalized spacial score (nSPS) is 17.4. The Bertz CT molecular complexity index is 420. The first kappa shape index (κ1) is 14.7. The minimum absolute atomic E-state index is 0.137. The van der Waals surface area contributed by atoms with E-state index in [-0.39, 0.29) is 24.1 Å². The Morgan fingerprint density at radius 3 is 2.72 bits per heavy atom. The summed E-state index contributed by atoms with van der Waals surface area (Å²) in [6.45, 7) is 2.71. The van der Waals surface area contributed by atoms with Crippen molar-refractivity contribution >= 4 is 21.8 Å². The summed E-state index contributed by atoms with van der Waals surface area (Å²) in [6, 6.07) is -0.244. The third kappa shape index (κ3) is 4.17. The van der Waals surface area contributed by atoms with Crippen molar-refractivity contribution in [2.45, 2.75) is 6.92 Å². The molecule has 0 bridgehead atoms. The molecule has 0 radical (unpaired) electrons. The minimum Gasteiger partial charge on any atom is -0.469 e. The molecule has 0 aliphatic carbocycles. The maximum absolute atomic E-state index is 11.8. The Kier molecular flexibility index (Phi) is 4.94. The summed E-state index contributed by atoms with van der Waals surface area (Å²) in [5, 5.41) is 2.59. The lowest BCUT2D eigenvalue weighted by molar-refractivity contribution is -0.144. The van der Waals surface area contributed by atoms with E-state index in [9.17, 15) is 18.0 Å². The summed E-state index contributed by atoms with van der Waals surface area (Å²) < 4.78 is 28.0. The lowest BCUT2D eigenvalue weighted by Crippen LogP contribution is -2.34. The molecular weight excluding hydrogens is 260 g/mol. The number of methoxy groups -OCH3 is 1. The first-order chi connectivity index (χ1) is 8.35. The predicted octanol–water partition coefficient (Wildman–Crippen LogP) is -0.764. The molecule has 1 aliphatic rings. The Morgan fingerprint density at radius 1 is 1.56 bits per heavy atom. The molecule has 8 heteroatoms. The maximum Gasteiger partial charge on any atom is 0.317 e. The summed E-state index contributed by atoms with van der Waals surface area (Å²) in [7, 11) is -2.15. The second-order valence-electron chi connectivity index (χ2n) is 4.26. The Labute approximate surface area is 106 Å². The number of sulfone groups is 1.